The third-order valence-electron chi connectivity index (χ3n) is 14.4. The van der Waals surface area contributed by atoms with Crippen molar-refractivity contribution in [1.82, 2.24) is 4.57 Å². The van der Waals surface area contributed by atoms with Crippen molar-refractivity contribution in [3.05, 3.63) is 87.9 Å². The van der Waals surface area contributed by atoms with Gasteiger partial charge in [0.2, 0.25) is 0 Å². The summed E-state index contributed by atoms with van der Waals surface area (Å²) in [5.41, 5.74) is 6.01. The average molecular weight is 676 g/mol. The van der Waals surface area contributed by atoms with E-state index in [1.807, 2.05) is 39.8 Å². The third-order valence-corrected chi connectivity index (χ3v) is 14.4. The SMILES string of the molecule is C=C(C)[C@H]1C(=O)c2c3c(cc4c5c(n1c24)[C@@]1(C)[C](CC[C@H]2[C@](C)(/C=C/C=C(\C)C(C)=O)[C@@H](O)CC[C@@]21C)C5)C1=CC(C)(C)OC(C)(C)[C]1[C@@H]3O. The Bertz CT molecular complexity index is 2020. The van der Waals surface area contributed by atoms with E-state index in [-0.39, 0.29) is 28.3 Å². The normalized spacial score (nSPS) is 37.1. The van der Waals surface area contributed by atoms with Crippen LogP contribution in [0.15, 0.2) is 48.1 Å². The molecule has 2 radical (unpaired) electrons. The number of rotatable bonds is 4. The van der Waals surface area contributed by atoms with Crippen LogP contribution in [0.1, 0.15) is 140 Å². The summed E-state index contributed by atoms with van der Waals surface area (Å²) in [6.45, 7) is 25.0. The van der Waals surface area contributed by atoms with Crippen molar-refractivity contribution >= 4 is 28.0 Å². The van der Waals surface area contributed by atoms with Crippen molar-refractivity contribution in [3.63, 3.8) is 0 Å². The van der Waals surface area contributed by atoms with Crippen LogP contribution in [0.3, 0.4) is 0 Å². The van der Waals surface area contributed by atoms with Gasteiger partial charge in [-0.2, -0.15) is 0 Å². The number of fused-ring (bicyclic) bond motifs is 11. The van der Waals surface area contributed by atoms with Crippen LogP contribution in [0, 0.1) is 28.6 Å². The number of carbonyl (C=O) groups excluding carboxylic acids is 2. The highest BCUT2D eigenvalue weighted by Crippen LogP contribution is 2.72. The van der Waals surface area contributed by atoms with Crippen LogP contribution in [-0.4, -0.2) is 43.7 Å². The lowest BCUT2D eigenvalue weighted by Crippen LogP contribution is -2.61. The van der Waals surface area contributed by atoms with Gasteiger partial charge in [0.05, 0.1) is 40.4 Å². The van der Waals surface area contributed by atoms with E-state index in [1.54, 1.807) is 6.92 Å². The third kappa shape index (κ3) is 4.02. The van der Waals surface area contributed by atoms with E-state index in [0.717, 1.165) is 59.2 Å². The van der Waals surface area contributed by atoms with E-state index >= 15 is 0 Å². The van der Waals surface area contributed by atoms with Crippen LogP contribution in [0.5, 0.6) is 0 Å². The number of ketones is 2. The summed E-state index contributed by atoms with van der Waals surface area (Å²) in [7, 11) is 0. The fourth-order valence-electron chi connectivity index (χ4n) is 12.0. The summed E-state index contributed by atoms with van der Waals surface area (Å²) < 4.78 is 8.83. The van der Waals surface area contributed by atoms with Crippen LogP contribution in [-0.2, 0) is 21.4 Å². The standard InChI is InChI=1S/C44H53NO5/c1-22(2)35-38(49)33-32-26(29-21-40(5,6)50-41(7,8)34(29)37(32)48)20-27-28-19-25-14-15-30-42(9,17-12-13-23(3)24(4)46)31(47)16-18-43(30,10)44(25,11)39(28)45(35)36(27)33/h12-13,17,20-21,30-31,35,37,47-48H,1,14-16,18-19H2,2-11H3/b17-12+,23-13+/t30-,31-,35-,37+,42-,43-,44+/m0/s1. The van der Waals surface area contributed by atoms with E-state index in [0.29, 0.717) is 23.1 Å². The number of ether oxygens (including phenoxy) is 1. The summed E-state index contributed by atoms with van der Waals surface area (Å²) in [6, 6.07) is 1.73. The maximum atomic E-state index is 14.8. The zero-order chi connectivity index (χ0) is 36.2. The fraction of sp³-hybridized carbons (Fsp3) is 0.545. The number of hydrogen-bond donors (Lipinski definition) is 2. The highest BCUT2D eigenvalue weighted by atomic mass is 16.5. The summed E-state index contributed by atoms with van der Waals surface area (Å²) in [5, 5.41) is 24.9. The Morgan fingerprint density at radius 1 is 1.06 bits per heavy atom. The molecule has 6 heteroatoms. The molecule has 7 atom stereocenters. The van der Waals surface area contributed by atoms with E-state index in [4.69, 9.17) is 4.74 Å². The monoisotopic (exact) mass is 675 g/mol. The molecule has 0 amide bonds. The van der Waals surface area contributed by atoms with Gasteiger partial charge < -0.3 is 19.5 Å². The van der Waals surface area contributed by atoms with Gasteiger partial charge in [-0.05, 0) is 132 Å². The van der Waals surface area contributed by atoms with E-state index < -0.39 is 34.9 Å². The number of aliphatic hydroxyl groups is 2. The Kier molecular flexibility index (Phi) is 7.01. The largest absolute Gasteiger partial charge is 0.392 e. The lowest BCUT2D eigenvalue weighted by Gasteiger charge is -2.64. The molecule has 2 aliphatic heterocycles. The zero-order valence-electron chi connectivity index (χ0n) is 31.5. The molecular weight excluding hydrogens is 622 g/mol. The minimum atomic E-state index is -0.935. The highest BCUT2D eigenvalue weighted by Gasteiger charge is 2.68. The van der Waals surface area contributed by atoms with Crippen LogP contribution in [0.25, 0.3) is 16.5 Å². The molecule has 2 fully saturated rings. The lowest BCUT2D eigenvalue weighted by atomic mass is 9.40. The number of Topliss-reactive ketones (excluding diaryl/α,β-unsaturated/α-hetero) is 2. The average Bonchev–Trinajstić information content (AvgIpc) is 3.67. The maximum Gasteiger partial charge on any atom is 0.192 e. The van der Waals surface area contributed by atoms with Gasteiger partial charge >= 0.3 is 0 Å². The Morgan fingerprint density at radius 2 is 1.76 bits per heavy atom. The lowest BCUT2D eigenvalue weighted by molar-refractivity contribution is -0.122. The molecule has 0 bridgehead atoms. The Morgan fingerprint density at radius 3 is 2.42 bits per heavy atom. The number of allylic oxidation sites excluding steroid dienone is 4. The minimum absolute atomic E-state index is 0.0167. The molecule has 8 rings (SSSR count). The molecule has 2 saturated carbocycles. The summed E-state index contributed by atoms with van der Waals surface area (Å²) in [4.78, 5) is 26.8. The van der Waals surface area contributed by atoms with Crippen LogP contribution in [0.2, 0.25) is 0 Å². The van der Waals surface area contributed by atoms with Gasteiger partial charge in [0.15, 0.2) is 11.6 Å². The molecule has 1 aromatic heterocycles. The minimum Gasteiger partial charge on any atom is -0.392 e. The Hall–Kier alpha value is -3.06. The van der Waals surface area contributed by atoms with Crippen molar-refractivity contribution in [2.45, 2.75) is 136 Å². The summed E-state index contributed by atoms with van der Waals surface area (Å²) in [5.74, 6) is 2.58. The Balaban J connectivity index is 1.36. The molecule has 50 heavy (non-hydrogen) atoms. The molecule has 6 aliphatic rings. The topological polar surface area (TPSA) is 88.8 Å². The molecular formula is C44H53NO5. The van der Waals surface area contributed by atoms with Crippen molar-refractivity contribution in [3.8, 4) is 0 Å². The van der Waals surface area contributed by atoms with E-state index in [1.165, 1.54) is 17.2 Å². The first-order valence-corrected chi connectivity index (χ1v) is 18.5. The maximum absolute atomic E-state index is 14.8. The number of nitrogens with zero attached hydrogens (tertiary/aromatic N) is 1. The second-order valence-corrected chi connectivity index (χ2v) is 18.1. The quantitative estimate of drug-likeness (QED) is 0.193. The molecule has 1 aromatic carbocycles. The Labute approximate surface area is 297 Å². The highest BCUT2D eigenvalue weighted by molar-refractivity contribution is 6.19. The van der Waals surface area contributed by atoms with Crippen molar-refractivity contribution in [2.75, 3.05) is 0 Å². The first-order valence-electron chi connectivity index (χ1n) is 18.5. The number of aromatic nitrogens is 1. The van der Waals surface area contributed by atoms with E-state index in [9.17, 15) is 19.8 Å². The molecule has 0 saturated heterocycles. The van der Waals surface area contributed by atoms with Crippen LogP contribution < -0.4 is 0 Å². The second-order valence-electron chi connectivity index (χ2n) is 18.1. The molecule has 6 nitrogen and oxygen atoms in total. The smallest absolute Gasteiger partial charge is 0.192 e. The molecule has 0 unspecified atom stereocenters. The van der Waals surface area contributed by atoms with E-state index in [2.05, 4.69) is 64.0 Å². The van der Waals surface area contributed by atoms with Crippen molar-refractivity contribution < 1.29 is 24.5 Å². The number of carbonyl (C=O) groups is 2. The van der Waals surface area contributed by atoms with Crippen molar-refractivity contribution in [1.29, 1.82) is 0 Å². The van der Waals surface area contributed by atoms with Gasteiger partial charge in [-0.25, -0.2) is 0 Å². The molecule has 2 aromatic rings. The summed E-state index contributed by atoms with van der Waals surface area (Å²) in [6.07, 6.45) is 11.0. The van der Waals surface area contributed by atoms with Crippen molar-refractivity contribution in [2.24, 2.45) is 16.7 Å². The molecule has 4 aliphatic carbocycles. The van der Waals surface area contributed by atoms with Crippen LogP contribution >= 0.6 is 0 Å². The molecule has 2 N–H and O–H groups in total. The van der Waals surface area contributed by atoms with Gasteiger partial charge in [-0.3, -0.25) is 9.59 Å². The zero-order valence-corrected chi connectivity index (χ0v) is 31.5. The predicted octanol–water partition coefficient (Wildman–Crippen LogP) is 8.60. The number of benzene rings is 1. The number of aliphatic hydroxyl groups excluding tert-OH is 2. The van der Waals surface area contributed by atoms with Crippen LogP contribution in [0.4, 0.5) is 0 Å². The molecule has 264 valence electrons. The van der Waals surface area contributed by atoms with Gasteiger partial charge in [0.25, 0.3) is 0 Å². The number of hydrogen-bond acceptors (Lipinski definition) is 5. The molecule has 0 spiro atoms. The van der Waals surface area contributed by atoms with Gasteiger partial charge in [-0.15, -0.1) is 0 Å². The second kappa shape index (κ2) is 10.3. The summed E-state index contributed by atoms with van der Waals surface area (Å²) >= 11 is 0. The fourth-order valence-corrected chi connectivity index (χ4v) is 12.0. The molecule has 3 heterocycles. The first kappa shape index (κ1) is 34.0. The first-order chi connectivity index (χ1) is 23.2. The van der Waals surface area contributed by atoms with Gasteiger partial charge in [0.1, 0.15) is 6.04 Å². The predicted molar refractivity (Wildman–Crippen MR) is 198 cm³/mol. The van der Waals surface area contributed by atoms with Gasteiger partial charge in [-0.1, -0.05) is 51.2 Å². The van der Waals surface area contributed by atoms with Gasteiger partial charge in [0, 0.05) is 27.5 Å².